The second kappa shape index (κ2) is 11.1. The topological polar surface area (TPSA) is 104 Å². The molecule has 0 atom stereocenters. The van der Waals surface area contributed by atoms with Gasteiger partial charge in [-0.05, 0) is 43.9 Å². The van der Waals surface area contributed by atoms with Gasteiger partial charge in [-0.1, -0.05) is 27.7 Å². The molecule has 6 heterocycles. The van der Waals surface area contributed by atoms with Crippen molar-refractivity contribution in [2.75, 3.05) is 0 Å². The summed E-state index contributed by atoms with van der Waals surface area (Å²) in [7, 11) is 0. The number of ether oxygens (including phenoxy) is 1. The Morgan fingerprint density at radius 2 is 1.40 bits per heavy atom. The van der Waals surface area contributed by atoms with Crippen LogP contribution in [0, 0.1) is 13.8 Å². The highest BCUT2D eigenvalue weighted by Crippen LogP contribution is 2.27. The minimum Gasteiger partial charge on any atom is -0.452 e. The van der Waals surface area contributed by atoms with Crippen molar-refractivity contribution in [2.45, 2.75) is 53.4 Å². The van der Waals surface area contributed by atoms with Gasteiger partial charge < -0.3 is 9.30 Å². The molecule has 0 spiro atoms. The summed E-state index contributed by atoms with van der Waals surface area (Å²) in [6.45, 7) is 12.3. The molecule has 0 saturated carbocycles. The molecule has 0 unspecified atom stereocenters. The van der Waals surface area contributed by atoms with Crippen LogP contribution in [0.15, 0.2) is 78.4 Å². The lowest BCUT2D eigenvalue weighted by Gasteiger charge is -2.11. The summed E-state index contributed by atoms with van der Waals surface area (Å²) in [6, 6.07) is 10.8. The van der Waals surface area contributed by atoms with Gasteiger partial charge in [-0.3, -0.25) is 9.78 Å². The number of pyridine rings is 2. The Labute approximate surface area is 232 Å². The maximum absolute atomic E-state index is 11.2. The molecule has 0 N–H and O–H groups in total. The second-order valence-corrected chi connectivity index (χ2v) is 10.2. The summed E-state index contributed by atoms with van der Waals surface area (Å²) in [5.41, 5.74) is 6.21. The van der Waals surface area contributed by atoms with Crippen molar-refractivity contribution < 1.29 is 4.74 Å². The summed E-state index contributed by atoms with van der Waals surface area (Å²) in [4.78, 5) is 24.3. The molecular formula is C30H32N8O2. The molecule has 0 bridgehead atoms. The Morgan fingerprint density at radius 1 is 0.800 bits per heavy atom. The predicted octanol–water partition coefficient (Wildman–Crippen LogP) is 5.66. The van der Waals surface area contributed by atoms with Crippen LogP contribution in [0.2, 0.25) is 0 Å². The maximum Gasteiger partial charge on any atom is 0.197 e. The quantitative estimate of drug-likeness (QED) is 0.280. The van der Waals surface area contributed by atoms with Crippen molar-refractivity contribution in [1.29, 1.82) is 0 Å². The van der Waals surface area contributed by atoms with Gasteiger partial charge >= 0.3 is 0 Å². The van der Waals surface area contributed by atoms with E-state index in [2.05, 4.69) is 52.8 Å². The minimum atomic E-state index is -0.00469. The summed E-state index contributed by atoms with van der Waals surface area (Å²) < 4.78 is 11.4. The molecule has 0 fully saturated rings. The van der Waals surface area contributed by atoms with Crippen LogP contribution in [-0.2, 0) is 0 Å². The lowest BCUT2D eigenvalue weighted by Crippen LogP contribution is -2.07. The van der Waals surface area contributed by atoms with E-state index in [4.69, 9.17) is 4.74 Å². The molecular weight excluding hydrogens is 504 g/mol. The highest BCUT2D eigenvalue weighted by molar-refractivity contribution is 5.60. The van der Waals surface area contributed by atoms with Crippen molar-refractivity contribution in [3.63, 3.8) is 0 Å². The second-order valence-electron chi connectivity index (χ2n) is 10.2. The molecule has 0 radical (unpaired) electrons. The van der Waals surface area contributed by atoms with Gasteiger partial charge in [-0.25, -0.2) is 19.0 Å². The van der Waals surface area contributed by atoms with E-state index >= 15 is 0 Å². The fourth-order valence-corrected chi connectivity index (χ4v) is 4.11. The van der Waals surface area contributed by atoms with Crippen molar-refractivity contribution in [2.24, 2.45) is 0 Å². The molecule has 6 rings (SSSR count). The monoisotopic (exact) mass is 536 g/mol. The molecule has 6 aromatic heterocycles. The normalized spacial score (nSPS) is 11.3. The van der Waals surface area contributed by atoms with E-state index in [9.17, 15) is 4.79 Å². The van der Waals surface area contributed by atoms with Crippen molar-refractivity contribution in [3.05, 3.63) is 107 Å². The van der Waals surface area contributed by atoms with Crippen molar-refractivity contribution >= 4 is 11.3 Å². The Hall–Kier alpha value is -4.86. The Kier molecular flexibility index (Phi) is 7.41. The number of aromatic nitrogens is 8. The van der Waals surface area contributed by atoms with E-state index < -0.39 is 0 Å². The number of hydrogen-bond donors (Lipinski definition) is 0. The number of imidazole rings is 2. The van der Waals surface area contributed by atoms with Gasteiger partial charge in [-0.2, -0.15) is 10.2 Å². The van der Waals surface area contributed by atoms with Gasteiger partial charge in [-0.15, -0.1) is 0 Å². The van der Waals surface area contributed by atoms with Gasteiger partial charge in [0.25, 0.3) is 0 Å². The van der Waals surface area contributed by atoms with Gasteiger partial charge in [0.1, 0.15) is 5.75 Å². The number of nitrogens with zero attached hydrogens (tertiary/aromatic N) is 8. The molecule has 204 valence electrons. The first-order valence-corrected chi connectivity index (χ1v) is 13.2. The highest BCUT2D eigenvalue weighted by atomic mass is 16.5. The van der Waals surface area contributed by atoms with E-state index in [1.807, 2.05) is 55.1 Å². The zero-order valence-electron chi connectivity index (χ0n) is 23.5. The number of aryl methyl sites for hydroxylation is 2. The fourth-order valence-electron chi connectivity index (χ4n) is 4.11. The molecule has 0 aliphatic rings. The van der Waals surface area contributed by atoms with Crippen LogP contribution in [0.5, 0.6) is 11.5 Å². The number of fused-ring (bicyclic) bond motifs is 2. The van der Waals surface area contributed by atoms with Crippen LogP contribution in [-0.4, -0.2) is 38.7 Å². The SMILES string of the molecule is Cc1cn2nc(C(C)C)cc(-n3ccc(=O)cc3)c2n1.Cc1cn2nc(C(C)C)cc(Oc3cccnc3)c2n1. The summed E-state index contributed by atoms with van der Waals surface area (Å²) in [5.74, 6) is 2.03. The van der Waals surface area contributed by atoms with Gasteiger partial charge in [0.05, 0.1) is 47.1 Å². The third kappa shape index (κ3) is 5.75. The van der Waals surface area contributed by atoms with Gasteiger partial charge in [0, 0.05) is 36.8 Å². The Bertz CT molecular complexity index is 1810. The van der Waals surface area contributed by atoms with Gasteiger partial charge in [0.2, 0.25) is 0 Å². The highest BCUT2D eigenvalue weighted by Gasteiger charge is 2.14. The Balaban J connectivity index is 0.000000161. The molecule has 10 nitrogen and oxygen atoms in total. The Morgan fingerprint density at radius 3 is 2.00 bits per heavy atom. The largest absolute Gasteiger partial charge is 0.452 e. The molecule has 6 aromatic rings. The van der Waals surface area contributed by atoms with E-state index in [0.29, 0.717) is 23.3 Å². The average Bonchev–Trinajstić information content (AvgIpc) is 3.50. The molecule has 0 saturated heterocycles. The van der Waals surface area contributed by atoms with Crippen molar-refractivity contribution in [3.8, 4) is 17.2 Å². The zero-order valence-corrected chi connectivity index (χ0v) is 23.5. The zero-order chi connectivity index (χ0) is 28.4. The predicted molar refractivity (Wildman–Crippen MR) is 154 cm³/mol. The first kappa shape index (κ1) is 26.7. The number of hydrogen-bond acceptors (Lipinski definition) is 7. The van der Waals surface area contributed by atoms with Crippen LogP contribution >= 0.6 is 0 Å². The van der Waals surface area contributed by atoms with Crippen LogP contribution < -0.4 is 10.2 Å². The van der Waals surface area contributed by atoms with Crippen molar-refractivity contribution in [1.82, 2.24) is 38.7 Å². The maximum atomic E-state index is 11.2. The first-order chi connectivity index (χ1) is 19.2. The lowest BCUT2D eigenvalue weighted by molar-refractivity contribution is 0.478. The average molecular weight is 537 g/mol. The molecule has 40 heavy (non-hydrogen) atoms. The molecule has 10 heteroatoms. The van der Waals surface area contributed by atoms with Crippen LogP contribution in [0.1, 0.15) is 62.3 Å². The lowest BCUT2D eigenvalue weighted by atomic mass is 10.1. The van der Waals surface area contributed by atoms with E-state index in [0.717, 1.165) is 39.8 Å². The summed E-state index contributed by atoms with van der Waals surface area (Å²) >= 11 is 0. The first-order valence-electron chi connectivity index (χ1n) is 13.2. The molecule has 0 amide bonds. The summed E-state index contributed by atoms with van der Waals surface area (Å²) in [5, 5.41) is 9.13. The standard InChI is InChI=1S/2C15H16N4O/c1-10(2)13-8-14(18-6-4-12(20)5-7-18)15-16-11(3)9-19(15)17-13;1-10(2)13-7-14(20-12-5-4-6-16-8-12)15-17-11(3)9-19(15)18-13/h2*4-10H,1-3H3. The smallest absolute Gasteiger partial charge is 0.197 e. The van der Waals surface area contributed by atoms with E-state index in [-0.39, 0.29) is 5.43 Å². The number of rotatable bonds is 5. The fraction of sp³-hybridized carbons (Fsp3) is 0.267. The van der Waals surface area contributed by atoms with Crippen LogP contribution in [0.25, 0.3) is 17.0 Å². The van der Waals surface area contributed by atoms with E-state index in [1.54, 1.807) is 46.0 Å². The molecule has 0 aromatic carbocycles. The van der Waals surface area contributed by atoms with E-state index in [1.165, 1.54) is 0 Å². The van der Waals surface area contributed by atoms with Gasteiger partial charge in [0.15, 0.2) is 22.5 Å². The van der Waals surface area contributed by atoms with Crippen LogP contribution in [0.3, 0.4) is 0 Å². The summed E-state index contributed by atoms with van der Waals surface area (Å²) in [6.07, 6.45) is 10.7. The molecule has 0 aliphatic carbocycles. The molecule has 0 aliphatic heterocycles. The van der Waals surface area contributed by atoms with Crippen LogP contribution in [0.4, 0.5) is 0 Å². The third-order valence-electron chi connectivity index (χ3n) is 6.20. The third-order valence-corrected chi connectivity index (χ3v) is 6.20. The minimum absolute atomic E-state index is 0.00469.